The van der Waals surface area contributed by atoms with Gasteiger partial charge in [-0.05, 0) is 55.8 Å². The summed E-state index contributed by atoms with van der Waals surface area (Å²) >= 11 is 12.0. The van der Waals surface area contributed by atoms with Crippen molar-refractivity contribution in [2.45, 2.75) is 13.8 Å². The number of anilines is 2. The molecule has 0 heterocycles. The van der Waals surface area contributed by atoms with Gasteiger partial charge in [-0.15, -0.1) is 0 Å². The van der Waals surface area contributed by atoms with Gasteiger partial charge in [0.2, 0.25) is 0 Å². The molecule has 2 rings (SSSR count). The van der Waals surface area contributed by atoms with E-state index in [1.807, 2.05) is 30.3 Å². The predicted molar refractivity (Wildman–Crippen MR) is 109 cm³/mol. The van der Waals surface area contributed by atoms with Crippen molar-refractivity contribution in [1.82, 2.24) is 0 Å². The molecule has 2 aromatic rings. The van der Waals surface area contributed by atoms with Crippen LogP contribution >= 0.6 is 23.2 Å². The minimum Gasteiger partial charge on any atom is -0.372 e. The van der Waals surface area contributed by atoms with Gasteiger partial charge in [0.1, 0.15) is 11.6 Å². The van der Waals surface area contributed by atoms with Crippen LogP contribution in [0.1, 0.15) is 19.4 Å². The fourth-order valence-corrected chi connectivity index (χ4v) is 2.81. The van der Waals surface area contributed by atoms with Crippen LogP contribution in [0.3, 0.4) is 0 Å². The Labute approximate surface area is 163 Å². The summed E-state index contributed by atoms with van der Waals surface area (Å²) < 4.78 is 0. The molecule has 0 atom stereocenters. The number of nitriles is 1. The van der Waals surface area contributed by atoms with E-state index in [0.717, 1.165) is 24.3 Å². The summed E-state index contributed by atoms with van der Waals surface area (Å²) in [4.78, 5) is 14.6. The summed E-state index contributed by atoms with van der Waals surface area (Å²) in [6.07, 6.45) is 1.54. The summed E-state index contributed by atoms with van der Waals surface area (Å²) in [6.45, 7) is 6.02. The van der Waals surface area contributed by atoms with Gasteiger partial charge in [0, 0.05) is 23.8 Å². The molecule has 1 N–H and O–H groups in total. The van der Waals surface area contributed by atoms with Crippen LogP contribution in [0.5, 0.6) is 0 Å². The quantitative estimate of drug-likeness (QED) is 0.534. The van der Waals surface area contributed by atoms with Crippen molar-refractivity contribution in [3.05, 3.63) is 63.6 Å². The molecule has 0 bridgehead atoms. The normalized spacial score (nSPS) is 11.0. The van der Waals surface area contributed by atoms with Crippen LogP contribution in [-0.2, 0) is 4.79 Å². The van der Waals surface area contributed by atoms with Crippen molar-refractivity contribution in [2.75, 3.05) is 23.3 Å². The molecule has 0 fully saturated rings. The van der Waals surface area contributed by atoms with Gasteiger partial charge in [-0.25, -0.2) is 0 Å². The lowest BCUT2D eigenvalue weighted by molar-refractivity contribution is -0.112. The molecule has 134 valence electrons. The van der Waals surface area contributed by atoms with Gasteiger partial charge in [-0.2, -0.15) is 5.26 Å². The minimum absolute atomic E-state index is 0.0170. The smallest absolute Gasteiger partial charge is 0.266 e. The van der Waals surface area contributed by atoms with E-state index < -0.39 is 5.91 Å². The molecule has 2 aromatic carbocycles. The minimum atomic E-state index is -0.538. The second kappa shape index (κ2) is 9.28. The van der Waals surface area contributed by atoms with E-state index in [-0.39, 0.29) is 5.57 Å². The molecule has 1 amide bonds. The topological polar surface area (TPSA) is 56.1 Å². The van der Waals surface area contributed by atoms with Crippen molar-refractivity contribution in [2.24, 2.45) is 0 Å². The molecular weight excluding hydrogens is 369 g/mol. The maximum Gasteiger partial charge on any atom is 0.266 e. The summed E-state index contributed by atoms with van der Waals surface area (Å²) in [6, 6.07) is 14.4. The molecule has 6 heteroatoms. The highest BCUT2D eigenvalue weighted by molar-refractivity contribution is 6.36. The van der Waals surface area contributed by atoms with Crippen molar-refractivity contribution in [3.63, 3.8) is 0 Å². The molecule has 0 aliphatic heterocycles. The van der Waals surface area contributed by atoms with Crippen LogP contribution in [0.4, 0.5) is 11.4 Å². The van der Waals surface area contributed by atoms with E-state index in [9.17, 15) is 10.1 Å². The first kappa shape index (κ1) is 19.8. The van der Waals surface area contributed by atoms with Crippen LogP contribution in [0.25, 0.3) is 6.08 Å². The number of benzene rings is 2. The second-order valence-corrected chi connectivity index (χ2v) is 6.36. The molecule has 0 saturated heterocycles. The Morgan fingerprint density at radius 1 is 1.15 bits per heavy atom. The fourth-order valence-electron chi connectivity index (χ4n) is 2.47. The van der Waals surface area contributed by atoms with Crippen molar-refractivity contribution >= 4 is 46.6 Å². The van der Waals surface area contributed by atoms with E-state index in [1.165, 1.54) is 6.07 Å². The molecular formula is C20H19Cl2N3O. The molecule has 0 saturated carbocycles. The number of halogens is 2. The highest BCUT2D eigenvalue weighted by atomic mass is 35.5. The Balaban J connectivity index is 2.20. The van der Waals surface area contributed by atoms with E-state index in [0.29, 0.717) is 15.7 Å². The number of amides is 1. The number of carbonyl (C=O) groups is 1. The first-order chi connectivity index (χ1) is 12.5. The summed E-state index contributed by atoms with van der Waals surface area (Å²) in [5.74, 6) is -0.538. The van der Waals surface area contributed by atoms with Gasteiger partial charge in [0.05, 0.1) is 10.7 Å². The fraction of sp³-hybridized carbons (Fsp3) is 0.200. The lowest BCUT2D eigenvalue weighted by Gasteiger charge is -2.20. The van der Waals surface area contributed by atoms with Crippen LogP contribution in [0.15, 0.2) is 48.0 Å². The molecule has 0 spiro atoms. The van der Waals surface area contributed by atoms with Gasteiger partial charge < -0.3 is 10.2 Å². The summed E-state index contributed by atoms with van der Waals surface area (Å²) in [5.41, 5.74) is 2.21. The van der Waals surface area contributed by atoms with Crippen molar-refractivity contribution < 1.29 is 4.79 Å². The van der Waals surface area contributed by atoms with Crippen molar-refractivity contribution in [3.8, 4) is 6.07 Å². The van der Waals surface area contributed by atoms with Gasteiger partial charge in [-0.1, -0.05) is 35.3 Å². The molecule has 0 aromatic heterocycles. The summed E-state index contributed by atoms with van der Waals surface area (Å²) in [5, 5.41) is 12.7. The lowest BCUT2D eigenvalue weighted by atomic mass is 10.1. The van der Waals surface area contributed by atoms with E-state index in [4.69, 9.17) is 23.2 Å². The third-order valence-corrected chi connectivity index (χ3v) is 4.44. The number of nitrogens with one attached hydrogen (secondary N) is 1. The van der Waals surface area contributed by atoms with E-state index in [2.05, 4.69) is 24.1 Å². The standard InChI is InChI=1S/C20H19Cl2N3O/c1-3-25(4-2)17-8-5-14(6-9-17)11-15(13-23)20(26)24-19-12-16(21)7-10-18(19)22/h5-12H,3-4H2,1-2H3,(H,24,26)/b15-11-. The average molecular weight is 388 g/mol. The Kier molecular flexibility index (Phi) is 7.08. The zero-order valence-corrected chi connectivity index (χ0v) is 16.1. The van der Waals surface area contributed by atoms with Crippen LogP contribution in [-0.4, -0.2) is 19.0 Å². The van der Waals surface area contributed by atoms with E-state index in [1.54, 1.807) is 18.2 Å². The van der Waals surface area contributed by atoms with E-state index >= 15 is 0 Å². The maximum atomic E-state index is 12.4. The average Bonchev–Trinajstić information content (AvgIpc) is 2.64. The SMILES string of the molecule is CCN(CC)c1ccc(/C=C(/C#N)C(=O)Nc2cc(Cl)ccc2Cl)cc1. The Hall–Kier alpha value is -2.48. The summed E-state index contributed by atoms with van der Waals surface area (Å²) in [7, 11) is 0. The highest BCUT2D eigenvalue weighted by Crippen LogP contribution is 2.26. The lowest BCUT2D eigenvalue weighted by Crippen LogP contribution is -2.21. The highest BCUT2D eigenvalue weighted by Gasteiger charge is 2.12. The zero-order valence-electron chi connectivity index (χ0n) is 14.6. The van der Waals surface area contributed by atoms with Gasteiger partial charge in [0.15, 0.2) is 0 Å². The Morgan fingerprint density at radius 2 is 1.81 bits per heavy atom. The molecule has 4 nitrogen and oxygen atoms in total. The second-order valence-electron chi connectivity index (χ2n) is 5.51. The molecule has 0 radical (unpaired) electrons. The van der Waals surface area contributed by atoms with Gasteiger partial charge in [-0.3, -0.25) is 4.79 Å². The number of hydrogen-bond donors (Lipinski definition) is 1. The molecule has 26 heavy (non-hydrogen) atoms. The van der Waals surface area contributed by atoms with Crippen LogP contribution in [0.2, 0.25) is 10.0 Å². The largest absolute Gasteiger partial charge is 0.372 e. The molecule has 0 aliphatic carbocycles. The van der Waals surface area contributed by atoms with Gasteiger partial charge >= 0.3 is 0 Å². The number of nitrogens with zero attached hydrogens (tertiary/aromatic N) is 2. The number of rotatable bonds is 6. The number of hydrogen-bond acceptors (Lipinski definition) is 3. The molecule has 0 aliphatic rings. The van der Waals surface area contributed by atoms with Crippen LogP contribution in [0, 0.1) is 11.3 Å². The Morgan fingerprint density at radius 3 is 2.38 bits per heavy atom. The number of carbonyl (C=O) groups excluding carboxylic acids is 1. The van der Waals surface area contributed by atoms with Crippen LogP contribution < -0.4 is 10.2 Å². The maximum absolute atomic E-state index is 12.4. The van der Waals surface area contributed by atoms with Gasteiger partial charge in [0.25, 0.3) is 5.91 Å². The zero-order chi connectivity index (χ0) is 19.1. The molecule has 0 unspecified atom stereocenters. The third kappa shape index (κ3) is 5.01. The monoisotopic (exact) mass is 387 g/mol. The third-order valence-electron chi connectivity index (χ3n) is 3.87. The first-order valence-corrected chi connectivity index (χ1v) is 8.97. The first-order valence-electron chi connectivity index (χ1n) is 8.21. The predicted octanol–water partition coefficient (Wildman–Crippen LogP) is 5.39. The van der Waals surface area contributed by atoms with Crippen molar-refractivity contribution in [1.29, 1.82) is 5.26 Å². The Bertz CT molecular complexity index is 850.